The van der Waals surface area contributed by atoms with Crippen LogP contribution in [-0.2, 0) is 11.3 Å². The first-order valence-electron chi connectivity index (χ1n) is 8.89. The van der Waals surface area contributed by atoms with E-state index in [0.717, 1.165) is 17.7 Å². The summed E-state index contributed by atoms with van der Waals surface area (Å²) in [5.74, 6) is -2.83. The molecule has 1 amide bonds. The molecule has 2 aromatic carbocycles. The molecule has 0 radical (unpaired) electrons. The van der Waals surface area contributed by atoms with Crippen molar-refractivity contribution in [1.29, 1.82) is 0 Å². The summed E-state index contributed by atoms with van der Waals surface area (Å²) in [4.78, 5) is 40.3. The average Bonchev–Trinajstić information content (AvgIpc) is 2.68. The molecule has 8 nitrogen and oxygen atoms in total. The lowest BCUT2D eigenvalue weighted by atomic mass is 10.2. The van der Waals surface area contributed by atoms with Gasteiger partial charge in [0, 0.05) is 18.8 Å². The van der Waals surface area contributed by atoms with Gasteiger partial charge in [-0.1, -0.05) is 30.3 Å². The summed E-state index contributed by atoms with van der Waals surface area (Å²) < 4.78 is 27.5. The van der Waals surface area contributed by atoms with Gasteiger partial charge in [0.05, 0.1) is 13.1 Å². The van der Waals surface area contributed by atoms with Crippen molar-refractivity contribution in [2.45, 2.75) is 6.54 Å². The van der Waals surface area contributed by atoms with Crippen molar-refractivity contribution in [2.75, 3.05) is 29.5 Å². The van der Waals surface area contributed by atoms with Gasteiger partial charge in [-0.25, -0.2) is 13.6 Å². The highest BCUT2D eigenvalue weighted by Gasteiger charge is 2.18. The topological polar surface area (TPSA) is 113 Å². The summed E-state index contributed by atoms with van der Waals surface area (Å²) in [7, 11) is 1.45. The SMILES string of the molecule is CN(CC(=O)Nc1ccc(F)c(F)c1)c1c(N)n(Cc2ccccc2)c(=O)[nH]c1=O. The number of rotatable bonds is 6. The maximum atomic E-state index is 13.3. The number of amides is 1. The van der Waals surface area contributed by atoms with Gasteiger partial charge < -0.3 is 16.0 Å². The number of hydrogen-bond donors (Lipinski definition) is 3. The zero-order valence-electron chi connectivity index (χ0n) is 16.0. The molecular formula is C20H19F2N5O3. The fourth-order valence-corrected chi connectivity index (χ4v) is 2.94. The predicted octanol–water partition coefficient (Wildman–Crippen LogP) is 1.52. The van der Waals surface area contributed by atoms with Gasteiger partial charge in [-0.2, -0.15) is 0 Å². The molecule has 0 fully saturated rings. The summed E-state index contributed by atoms with van der Waals surface area (Å²) in [6.45, 7) is -0.194. The number of carbonyl (C=O) groups is 1. The Hall–Kier alpha value is -3.95. The highest BCUT2D eigenvalue weighted by atomic mass is 19.2. The van der Waals surface area contributed by atoms with Crippen LogP contribution in [0.15, 0.2) is 58.1 Å². The third kappa shape index (κ3) is 4.54. The lowest BCUT2D eigenvalue weighted by Gasteiger charge is -2.21. The molecule has 0 unspecified atom stereocenters. The molecule has 0 aliphatic heterocycles. The third-order valence-corrected chi connectivity index (χ3v) is 4.36. The van der Waals surface area contributed by atoms with Crippen molar-refractivity contribution >= 4 is 23.1 Å². The molecule has 0 bridgehead atoms. The van der Waals surface area contributed by atoms with E-state index >= 15 is 0 Å². The van der Waals surface area contributed by atoms with E-state index in [0.29, 0.717) is 0 Å². The van der Waals surface area contributed by atoms with E-state index in [2.05, 4.69) is 10.3 Å². The van der Waals surface area contributed by atoms with Crippen LogP contribution in [0, 0.1) is 11.6 Å². The van der Waals surface area contributed by atoms with E-state index in [4.69, 9.17) is 5.73 Å². The molecule has 10 heteroatoms. The fraction of sp³-hybridized carbons (Fsp3) is 0.150. The number of carbonyl (C=O) groups excluding carboxylic acids is 1. The number of nitrogens with one attached hydrogen (secondary N) is 2. The molecule has 0 aliphatic carbocycles. The number of halogens is 2. The number of aromatic nitrogens is 2. The van der Waals surface area contributed by atoms with Crippen LogP contribution in [0.3, 0.4) is 0 Å². The van der Waals surface area contributed by atoms with E-state index in [1.54, 1.807) is 24.3 Å². The number of benzene rings is 2. The van der Waals surface area contributed by atoms with Gasteiger partial charge in [0.15, 0.2) is 11.6 Å². The molecule has 0 saturated carbocycles. The van der Waals surface area contributed by atoms with Crippen LogP contribution in [-0.4, -0.2) is 29.1 Å². The second kappa shape index (κ2) is 8.60. The van der Waals surface area contributed by atoms with Gasteiger partial charge in [-0.3, -0.25) is 19.1 Å². The molecular weight excluding hydrogens is 396 g/mol. The minimum atomic E-state index is -1.10. The van der Waals surface area contributed by atoms with Gasteiger partial charge >= 0.3 is 5.69 Å². The first-order chi connectivity index (χ1) is 14.3. The molecule has 1 aromatic heterocycles. The highest BCUT2D eigenvalue weighted by molar-refractivity contribution is 5.94. The van der Waals surface area contributed by atoms with Crippen LogP contribution >= 0.6 is 0 Å². The van der Waals surface area contributed by atoms with Crippen LogP contribution in [0.5, 0.6) is 0 Å². The van der Waals surface area contributed by atoms with E-state index < -0.39 is 28.8 Å². The number of likely N-dealkylation sites (N-methyl/N-ethyl adjacent to an activating group) is 1. The summed E-state index contributed by atoms with van der Waals surface area (Å²) in [5, 5.41) is 2.41. The largest absolute Gasteiger partial charge is 0.383 e. The van der Waals surface area contributed by atoms with Crippen LogP contribution in [0.1, 0.15) is 5.56 Å². The van der Waals surface area contributed by atoms with Crippen molar-refractivity contribution in [3.63, 3.8) is 0 Å². The smallest absolute Gasteiger partial charge is 0.330 e. The fourth-order valence-electron chi connectivity index (χ4n) is 2.94. The molecule has 4 N–H and O–H groups in total. The normalized spacial score (nSPS) is 10.6. The maximum Gasteiger partial charge on any atom is 0.330 e. The molecule has 3 rings (SSSR count). The standard InChI is InChI=1S/C20H19F2N5O3/c1-26(11-16(28)24-13-7-8-14(21)15(22)9-13)17-18(23)27(20(30)25-19(17)29)10-12-5-3-2-4-6-12/h2-9H,10-11,23H2,1H3,(H,24,28)(H,25,29,30). The van der Waals surface area contributed by atoms with Gasteiger partial charge in [-0.15, -0.1) is 0 Å². The number of anilines is 3. The second-order valence-corrected chi connectivity index (χ2v) is 6.60. The summed E-state index contributed by atoms with van der Waals surface area (Å²) in [6.07, 6.45) is 0. The molecule has 0 aliphatic rings. The monoisotopic (exact) mass is 415 g/mol. The molecule has 156 valence electrons. The first kappa shape index (κ1) is 20.8. The van der Waals surface area contributed by atoms with E-state index in [1.165, 1.54) is 22.6 Å². The Morgan fingerprint density at radius 3 is 2.50 bits per heavy atom. The first-order valence-corrected chi connectivity index (χ1v) is 8.89. The molecule has 1 heterocycles. The number of hydrogen-bond acceptors (Lipinski definition) is 5. The lowest BCUT2D eigenvalue weighted by Crippen LogP contribution is -2.39. The summed E-state index contributed by atoms with van der Waals surface area (Å²) in [6, 6.07) is 12.0. The zero-order valence-corrected chi connectivity index (χ0v) is 16.0. The van der Waals surface area contributed by atoms with Crippen molar-refractivity contribution in [3.05, 3.63) is 86.6 Å². The lowest BCUT2D eigenvalue weighted by molar-refractivity contribution is -0.114. The number of nitrogen functional groups attached to an aromatic ring is 1. The molecule has 3 aromatic rings. The number of nitrogens with two attached hydrogens (primary N) is 1. The average molecular weight is 415 g/mol. The third-order valence-electron chi connectivity index (χ3n) is 4.36. The number of aromatic amines is 1. The minimum absolute atomic E-state index is 0.0585. The quantitative estimate of drug-likeness (QED) is 0.565. The minimum Gasteiger partial charge on any atom is -0.383 e. The molecule has 30 heavy (non-hydrogen) atoms. The van der Waals surface area contributed by atoms with E-state index in [9.17, 15) is 23.2 Å². The van der Waals surface area contributed by atoms with Crippen molar-refractivity contribution in [2.24, 2.45) is 0 Å². The van der Waals surface area contributed by atoms with Gasteiger partial charge in [-0.05, 0) is 17.7 Å². The van der Waals surface area contributed by atoms with Gasteiger partial charge in [0.2, 0.25) is 5.91 Å². The Balaban J connectivity index is 1.82. The van der Waals surface area contributed by atoms with Crippen molar-refractivity contribution in [1.82, 2.24) is 9.55 Å². The zero-order chi connectivity index (χ0) is 21.8. The number of H-pyrrole nitrogens is 1. The van der Waals surface area contributed by atoms with Crippen LogP contribution < -0.4 is 27.2 Å². The molecule has 0 saturated heterocycles. The van der Waals surface area contributed by atoms with Gasteiger partial charge in [0.1, 0.15) is 11.5 Å². The highest BCUT2D eigenvalue weighted by Crippen LogP contribution is 2.17. The van der Waals surface area contributed by atoms with Crippen LogP contribution in [0.25, 0.3) is 0 Å². The van der Waals surface area contributed by atoms with Crippen molar-refractivity contribution < 1.29 is 13.6 Å². The summed E-state index contributed by atoms with van der Waals surface area (Å²) >= 11 is 0. The van der Waals surface area contributed by atoms with E-state index in [1.807, 2.05) is 6.07 Å². The van der Waals surface area contributed by atoms with Gasteiger partial charge in [0.25, 0.3) is 5.56 Å². The predicted molar refractivity (Wildman–Crippen MR) is 110 cm³/mol. The van der Waals surface area contributed by atoms with Crippen LogP contribution in [0.4, 0.5) is 26.0 Å². The van der Waals surface area contributed by atoms with E-state index in [-0.39, 0.29) is 30.3 Å². The Morgan fingerprint density at radius 1 is 1.13 bits per heavy atom. The van der Waals surface area contributed by atoms with Crippen molar-refractivity contribution in [3.8, 4) is 0 Å². The Bertz CT molecular complexity index is 1190. The molecule has 0 spiro atoms. The Labute approximate surface area is 169 Å². The maximum absolute atomic E-state index is 13.3. The Morgan fingerprint density at radius 2 is 1.83 bits per heavy atom. The Kier molecular flexibility index (Phi) is 5.95. The van der Waals surface area contributed by atoms with Crippen LogP contribution in [0.2, 0.25) is 0 Å². The second-order valence-electron chi connectivity index (χ2n) is 6.60. The molecule has 0 atom stereocenters. The summed E-state index contributed by atoms with van der Waals surface area (Å²) in [5.41, 5.74) is 5.44. The number of nitrogens with zero attached hydrogens (tertiary/aromatic N) is 2.